The molecule has 3 fully saturated rings. The van der Waals surface area contributed by atoms with Crippen LogP contribution in [0.2, 0.25) is 5.02 Å². The van der Waals surface area contributed by atoms with Gasteiger partial charge in [0.2, 0.25) is 0 Å². The molecule has 0 saturated carbocycles. The van der Waals surface area contributed by atoms with Gasteiger partial charge in [-0.15, -0.1) is 11.3 Å². The summed E-state index contributed by atoms with van der Waals surface area (Å²) < 4.78 is 57.9. The van der Waals surface area contributed by atoms with E-state index in [9.17, 15) is 14.0 Å². The molecule has 2 aromatic heterocycles. The van der Waals surface area contributed by atoms with Crippen molar-refractivity contribution < 1.29 is 22.6 Å². The monoisotopic (exact) mass is 642 g/mol. The van der Waals surface area contributed by atoms with Crippen LogP contribution in [-0.4, -0.2) is 72.6 Å². The van der Waals surface area contributed by atoms with Gasteiger partial charge in [0.1, 0.15) is 41.0 Å². The van der Waals surface area contributed by atoms with E-state index in [1.165, 1.54) is 12.1 Å². The van der Waals surface area contributed by atoms with Crippen molar-refractivity contribution in [1.29, 1.82) is 5.26 Å². The second-order valence-corrected chi connectivity index (χ2v) is 13.3. The molecular weight excluding hydrogens is 613 g/mol. The van der Waals surface area contributed by atoms with E-state index >= 15 is 4.39 Å². The van der Waals surface area contributed by atoms with Gasteiger partial charge in [-0.2, -0.15) is 15.2 Å². The van der Waals surface area contributed by atoms with E-state index < -0.39 is 23.3 Å². The predicted molar refractivity (Wildman–Crippen MR) is 165 cm³/mol. The molecule has 13 heteroatoms. The second-order valence-electron chi connectivity index (χ2n) is 11.8. The van der Waals surface area contributed by atoms with E-state index in [0.29, 0.717) is 37.3 Å². The number of thiophene rings is 1. The van der Waals surface area contributed by atoms with E-state index in [0.717, 1.165) is 43.6 Å². The molecule has 0 radical (unpaired) electrons. The Hall–Kier alpha value is -3.37. The summed E-state index contributed by atoms with van der Waals surface area (Å²) in [7, 11) is 1.63. The number of nitrogens with zero attached hydrogens (tertiary/aromatic N) is 5. The van der Waals surface area contributed by atoms with E-state index in [4.69, 9.17) is 31.8 Å². The van der Waals surface area contributed by atoms with Gasteiger partial charge in [0.15, 0.2) is 5.82 Å². The summed E-state index contributed by atoms with van der Waals surface area (Å²) in [5.41, 5.74) is 5.84. The fraction of sp³-hybridized carbons (Fsp3) is 0.452. The molecule has 2 N–H and O–H groups in total. The predicted octanol–water partition coefficient (Wildman–Crippen LogP) is 6.47. The van der Waals surface area contributed by atoms with Gasteiger partial charge >= 0.3 is 6.01 Å². The van der Waals surface area contributed by atoms with Crippen molar-refractivity contribution in [3.63, 3.8) is 0 Å². The molecule has 44 heavy (non-hydrogen) atoms. The Morgan fingerprint density at radius 1 is 1.25 bits per heavy atom. The SMILES string of the molecule is COC[C@@H]1CCCN1c1nc(OC[C@@]23CCCN2C[C@H](F)C3)nc2c(F)c(-c3ccc(F)c4sc(N)c(C#N)c34)c(Cl)cc12. The van der Waals surface area contributed by atoms with Crippen molar-refractivity contribution in [2.24, 2.45) is 0 Å². The summed E-state index contributed by atoms with van der Waals surface area (Å²) in [6.07, 6.45) is 2.95. The van der Waals surface area contributed by atoms with Gasteiger partial charge in [0, 0.05) is 43.0 Å². The van der Waals surface area contributed by atoms with Crippen LogP contribution in [0.5, 0.6) is 6.01 Å². The van der Waals surface area contributed by atoms with Crippen LogP contribution in [0.15, 0.2) is 18.2 Å². The lowest BCUT2D eigenvalue weighted by Crippen LogP contribution is -2.43. The van der Waals surface area contributed by atoms with Crippen LogP contribution < -0.4 is 15.4 Å². The lowest BCUT2D eigenvalue weighted by molar-refractivity contribution is 0.107. The second kappa shape index (κ2) is 11.2. The molecule has 230 valence electrons. The molecular formula is C31H30ClF3N6O2S. The minimum absolute atomic E-state index is 0.00204. The maximum Gasteiger partial charge on any atom is 0.319 e. The Balaban J connectivity index is 1.40. The van der Waals surface area contributed by atoms with Crippen LogP contribution >= 0.6 is 22.9 Å². The molecule has 8 nitrogen and oxygen atoms in total. The summed E-state index contributed by atoms with van der Waals surface area (Å²) in [6, 6.07) is 6.22. The van der Waals surface area contributed by atoms with Gasteiger partial charge in [-0.3, -0.25) is 4.90 Å². The van der Waals surface area contributed by atoms with Crippen molar-refractivity contribution in [1.82, 2.24) is 14.9 Å². The maximum absolute atomic E-state index is 16.8. The Labute approximate surface area is 261 Å². The number of halogens is 4. The molecule has 2 aromatic carbocycles. The smallest absolute Gasteiger partial charge is 0.319 e. The van der Waals surface area contributed by atoms with Crippen molar-refractivity contribution in [2.75, 3.05) is 50.6 Å². The standard InChI is InChI=1S/C31H30ClF3N6O2S/c1-42-14-17-4-2-9-41(17)29-19-10-21(32)24(18-5-6-22(34)27-23(18)20(12-36)28(37)44-27)25(35)26(19)38-30(39-29)43-15-31-7-3-8-40(31)13-16(33)11-31/h5-6,10,16-17H,2-4,7-9,11,13-15,37H2,1H3/t16-,17+,31+/m1/s1. The molecule has 0 unspecified atom stereocenters. The largest absolute Gasteiger partial charge is 0.461 e. The summed E-state index contributed by atoms with van der Waals surface area (Å²) in [5, 5.41) is 10.6. The van der Waals surface area contributed by atoms with Gasteiger partial charge in [-0.25, -0.2) is 13.2 Å². The summed E-state index contributed by atoms with van der Waals surface area (Å²) in [5.74, 6) is -0.856. The number of ether oxygens (including phenoxy) is 2. The molecule has 3 aliphatic heterocycles. The number of anilines is 2. The number of alkyl halides is 1. The Morgan fingerprint density at radius 3 is 2.89 bits per heavy atom. The number of hydrogen-bond donors (Lipinski definition) is 1. The third-order valence-electron chi connectivity index (χ3n) is 9.28. The van der Waals surface area contributed by atoms with Crippen LogP contribution in [0.3, 0.4) is 0 Å². The average molecular weight is 643 g/mol. The van der Waals surface area contributed by atoms with Crippen LogP contribution in [0, 0.1) is 23.0 Å². The molecule has 3 aliphatic rings. The fourth-order valence-corrected chi connectivity index (χ4v) is 8.57. The number of rotatable bonds is 7. The van der Waals surface area contributed by atoms with Crippen LogP contribution in [-0.2, 0) is 4.74 Å². The van der Waals surface area contributed by atoms with Crippen molar-refractivity contribution in [3.05, 3.63) is 40.4 Å². The minimum atomic E-state index is -0.925. The third-order valence-corrected chi connectivity index (χ3v) is 10.6. The summed E-state index contributed by atoms with van der Waals surface area (Å²) in [4.78, 5) is 13.5. The first-order chi connectivity index (χ1) is 21.2. The molecule has 0 spiro atoms. The van der Waals surface area contributed by atoms with Crippen LogP contribution in [0.1, 0.15) is 37.7 Å². The Bertz CT molecular complexity index is 1830. The lowest BCUT2D eigenvalue weighted by Gasteiger charge is -2.31. The molecule has 5 heterocycles. The molecule has 4 aromatic rings. The Morgan fingerprint density at radius 2 is 2.09 bits per heavy atom. The first kappa shape index (κ1) is 29.3. The normalized spacial score (nSPS) is 23.6. The van der Waals surface area contributed by atoms with Crippen molar-refractivity contribution in [2.45, 2.75) is 49.9 Å². The number of methoxy groups -OCH3 is 1. The summed E-state index contributed by atoms with van der Waals surface area (Å²) in [6.45, 7) is 2.48. The van der Waals surface area contributed by atoms with E-state index in [1.807, 2.05) is 6.07 Å². The highest BCUT2D eigenvalue weighted by molar-refractivity contribution is 7.23. The molecule has 3 atom stereocenters. The number of hydrogen-bond acceptors (Lipinski definition) is 9. The number of nitriles is 1. The minimum Gasteiger partial charge on any atom is -0.461 e. The zero-order valence-electron chi connectivity index (χ0n) is 24.0. The highest BCUT2D eigenvalue weighted by atomic mass is 35.5. The molecule has 3 saturated heterocycles. The zero-order chi connectivity index (χ0) is 30.7. The Kier molecular flexibility index (Phi) is 7.48. The number of benzene rings is 2. The van der Waals surface area contributed by atoms with Crippen molar-refractivity contribution in [3.8, 4) is 23.2 Å². The van der Waals surface area contributed by atoms with Crippen LogP contribution in [0.25, 0.3) is 32.1 Å². The molecule has 0 amide bonds. The first-order valence-corrected chi connectivity index (χ1v) is 15.8. The highest BCUT2D eigenvalue weighted by Gasteiger charge is 2.49. The average Bonchev–Trinajstić information content (AvgIpc) is 3.75. The lowest BCUT2D eigenvalue weighted by atomic mass is 9.95. The highest BCUT2D eigenvalue weighted by Crippen LogP contribution is 2.46. The number of nitrogen functional groups attached to an aromatic ring is 1. The molecule has 0 aliphatic carbocycles. The topological polar surface area (TPSA) is 101 Å². The number of aromatic nitrogens is 2. The van der Waals surface area contributed by atoms with Crippen LogP contribution in [0.4, 0.5) is 24.0 Å². The van der Waals surface area contributed by atoms with Gasteiger partial charge in [-0.05, 0) is 49.9 Å². The molecule has 0 bridgehead atoms. The quantitative estimate of drug-likeness (QED) is 0.245. The van der Waals surface area contributed by atoms with E-state index in [-0.39, 0.29) is 61.0 Å². The van der Waals surface area contributed by atoms with E-state index in [2.05, 4.69) is 14.8 Å². The van der Waals surface area contributed by atoms with Gasteiger partial charge < -0.3 is 20.1 Å². The van der Waals surface area contributed by atoms with Gasteiger partial charge in [0.25, 0.3) is 0 Å². The van der Waals surface area contributed by atoms with Gasteiger partial charge in [-0.1, -0.05) is 17.7 Å². The van der Waals surface area contributed by atoms with Gasteiger partial charge in [0.05, 0.1) is 33.5 Å². The maximum atomic E-state index is 16.8. The molecule has 7 rings (SSSR count). The number of fused-ring (bicyclic) bond motifs is 3. The zero-order valence-corrected chi connectivity index (χ0v) is 25.6. The number of nitrogens with two attached hydrogens (primary N) is 1. The summed E-state index contributed by atoms with van der Waals surface area (Å²) >= 11 is 7.73. The third kappa shape index (κ3) is 4.64. The van der Waals surface area contributed by atoms with Crippen molar-refractivity contribution >= 4 is 54.7 Å². The first-order valence-electron chi connectivity index (χ1n) is 14.6. The fourth-order valence-electron chi connectivity index (χ4n) is 7.33. The van der Waals surface area contributed by atoms with E-state index in [1.54, 1.807) is 13.2 Å².